The van der Waals surface area contributed by atoms with Crippen molar-refractivity contribution < 1.29 is 67.8 Å². The zero-order chi connectivity index (χ0) is 61.5. The number of ketones is 2. The first-order valence-corrected chi connectivity index (χ1v) is 30.0. The molecule has 0 bridgehead atoms. The zero-order valence-electron chi connectivity index (χ0n) is 48.4. The maximum Gasteiger partial charge on any atom is 0.320 e. The number of carbonyl (C=O) groups is 6. The number of amides is 3. The third-order valence-corrected chi connectivity index (χ3v) is 14.8. The Morgan fingerprint density at radius 3 is 2.06 bits per heavy atom. The van der Waals surface area contributed by atoms with Crippen LogP contribution in [0.2, 0.25) is 0 Å². The van der Waals surface area contributed by atoms with Crippen LogP contribution in [0.3, 0.4) is 0 Å². The normalized spacial score (nSPS) is 17.5. The van der Waals surface area contributed by atoms with Crippen LogP contribution in [-0.2, 0) is 53.3 Å². The molecule has 6 rings (SSSR count). The summed E-state index contributed by atoms with van der Waals surface area (Å²) in [4.78, 5) is 88.7. The number of carboxylic acids is 1. The first kappa shape index (κ1) is 67.9. The summed E-state index contributed by atoms with van der Waals surface area (Å²) in [5.74, 6) is 1.25. The number of hydrogen-bond donors (Lipinski definition) is 8. The van der Waals surface area contributed by atoms with Gasteiger partial charge in [-0.1, -0.05) is 12.1 Å². The molecule has 4 aromatic rings. The number of imidazole rings is 1. The summed E-state index contributed by atoms with van der Waals surface area (Å²) in [7, 11) is 0. The maximum atomic E-state index is 13.6. The summed E-state index contributed by atoms with van der Waals surface area (Å²) in [5, 5.41) is 59.0. The van der Waals surface area contributed by atoms with Crippen LogP contribution >= 0.6 is 11.8 Å². The van der Waals surface area contributed by atoms with Crippen molar-refractivity contribution in [3.8, 4) is 12.3 Å². The quantitative estimate of drug-likeness (QED) is 0.0170. The zero-order valence-corrected chi connectivity index (χ0v) is 49.2. The number of azo groups is 1. The molecule has 28 heteroatoms. The fraction of sp³-hybridized carbons (Fsp3) is 0.569. The molecule has 466 valence electrons. The van der Waals surface area contributed by atoms with Crippen molar-refractivity contribution in [2.75, 3.05) is 89.3 Å². The molecule has 0 saturated carbocycles. The molecule has 2 aliphatic heterocycles. The third kappa shape index (κ3) is 23.2. The van der Waals surface area contributed by atoms with Crippen LogP contribution in [0.5, 0.6) is 0 Å². The van der Waals surface area contributed by atoms with Crippen LogP contribution < -0.4 is 27.0 Å². The Kier molecular flexibility index (Phi) is 29.0. The van der Waals surface area contributed by atoms with Crippen molar-refractivity contribution in [1.82, 2.24) is 35.5 Å². The number of Topliss-reactive ketones (excluding diaryl/α,β-unsaturated/α-hetero) is 2. The van der Waals surface area contributed by atoms with Crippen molar-refractivity contribution in [1.29, 1.82) is 0 Å². The lowest BCUT2D eigenvalue weighted by Crippen LogP contribution is -2.47. The standard InChI is InChI=1S/C58H79N13O14S/c1-3-4-9-43(72)11-8-27-81-29-31-83-33-34-84-32-30-82-28-22-44(73)10-7-26-62-55(78)46(66-54(77)39-12-16-41(17-13-39)67-68-42-18-14-40(15-19-42)58(2)69-70-58)20-21-48(74)60-24-5-6-25-61-52-49-53(64-37-63-52)71(38-65-49)56-51(76)50(75)47(85-56)36-86-35-23-45(59)57(79)80/h1,12-19,37-38,45-47,50-51,56,75-76H,4-11,20-36,59H2,2H3,(H,60,74)(H,62,78)(H,66,77)(H,79,80)(H,61,63,64)/t45?,46-,47?,50?,51?,56?/m1/s1. The van der Waals surface area contributed by atoms with E-state index in [4.69, 9.17) is 40.9 Å². The second-order valence-electron chi connectivity index (χ2n) is 20.4. The molecule has 86 heavy (non-hydrogen) atoms. The number of aliphatic hydroxyl groups excluding tert-OH is 2. The molecular formula is C58H79N13O14S. The van der Waals surface area contributed by atoms with Crippen molar-refractivity contribution in [2.24, 2.45) is 26.2 Å². The summed E-state index contributed by atoms with van der Waals surface area (Å²) in [6, 6.07) is 11.7. The van der Waals surface area contributed by atoms with Crippen molar-refractivity contribution in [2.45, 2.75) is 126 Å². The number of anilines is 1. The largest absolute Gasteiger partial charge is 0.480 e. The number of ether oxygens (including phenoxy) is 5. The van der Waals surface area contributed by atoms with Gasteiger partial charge in [0.05, 0.1) is 70.1 Å². The smallest absolute Gasteiger partial charge is 0.320 e. The molecular weight excluding hydrogens is 1130 g/mol. The highest BCUT2D eigenvalue weighted by atomic mass is 32.2. The number of terminal acetylenes is 1. The topological polar surface area (TPSA) is 376 Å². The van der Waals surface area contributed by atoms with Gasteiger partial charge in [0.2, 0.25) is 17.5 Å². The second-order valence-corrected chi connectivity index (χ2v) is 21.6. The van der Waals surface area contributed by atoms with Crippen molar-refractivity contribution >= 4 is 75.4 Å². The molecule has 27 nitrogen and oxygen atoms in total. The number of benzene rings is 2. The molecule has 5 unspecified atom stereocenters. The summed E-state index contributed by atoms with van der Waals surface area (Å²) < 4.78 is 29.6. The number of aromatic nitrogens is 4. The number of carboxylic acid groups (broad SMARTS) is 1. The van der Waals surface area contributed by atoms with Gasteiger partial charge >= 0.3 is 5.97 Å². The Bertz CT molecular complexity index is 2900. The molecule has 6 atom stereocenters. The number of hydrogen-bond acceptors (Lipinski definition) is 23. The predicted molar refractivity (Wildman–Crippen MR) is 317 cm³/mol. The highest BCUT2D eigenvalue weighted by molar-refractivity contribution is 7.99. The monoisotopic (exact) mass is 1210 g/mol. The van der Waals surface area contributed by atoms with E-state index in [1.54, 1.807) is 24.3 Å². The SMILES string of the molecule is C#CCCC(=O)CCCOCCOCCOCCOCCC(=O)CCCNC(=O)[C@@H](CCC(=O)NCCCCNc1ncnc2c1ncn2C1OC(CSCCC(N)C(=O)O)C(O)C1O)NC(=O)c1ccc(N=Nc2ccc(C3(C)N=N3)cc2)cc1. The Hall–Kier alpha value is -7.20. The molecule has 0 aliphatic carbocycles. The Morgan fingerprint density at radius 1 is 0.756 bits per heavy atom. The Morgan fingerprint density at radius 2 is 1.38 bits per heavy atom. The van der Waals surface area contributed by atoms with Gasteiger partial charge in [0.15, 0.2) is 23.2 Å². The van der Waals surface area contributed by atoms with Crippen LogP contribution in [0.1, 0.15) is 106 Å². The number of nitrogens with two attached hydrogens (primary N) is 1. The van der Waals surface area contributed by atoms with E-state index in [0.29, 0.717) is 144 Å². The Balaban J connectivity index is 0.886. The number of nitrogens with zero attached hydrogens (tertiary/aromatic N) is 8. The van der Waals surface area contributed by atoms with E-state index in [1.807, 2.05) is 31.2 Å². The van der Waals surface area contributed by atoms with Crippen LogP contribution in [0.25, 0.3) is 11.2 Å². The van der Waals surface area contributed by atoms with Crippen molar-refractivity contribution in [3.05, 3.63) is 72.3 Å². The highest BCUT2D eigenvalue weighted by Gasteiger charge is 2.44. The fourth-order valence-corrected chi connectivity index (χ4v) is 9.68. The average molecular weight is 1210 g/mol. The molecule has 0 spiro atoms. The summed E-state index contributed by atoms with van der Waals surface area (Å²) >= 11 is 1.36. The summed E-state index contributed by atoms with van der Waals surface area (Å²) in [6.07, 6.45) is 7.79. The van der Waals surface area contributed by atoms with Crippen LogP contribution in [0, 0.1) is 12.3 Å². The predicted octanol–water partition coefficient (Wildman–Crippen LogP) is 4.61. The van der Waals surface area contributed by atoms with Gasteiger partial charge in [0, 0.05) is 81.6 Å². The third-order valence-electron chi connectivity index (χ3n) is 13.7. The molecule has 2 aromatic carbocycles. The molecule has 9 N–H and O–H groups in total. The number of aliphatic carboxylic acids is 1. The van der Waals surface area contributed by atoms with E-state index in [1.165, 1.54) is 29.0 Å². The summed E-state index contributed by atoms with van der Waals surface area (Å²) in [5.41, 5.74) is 8.17. The number of thioether (sulfide) groups is 1. The first-order valence-electron chi connectivity index (χ1n) is 28.8. The minimum atomic E-state index is -1.29. The van der Waals surface area contributed by atoms with E-state index in [-0.39, 0.29) is 68.3 Å². The minimum Gasteiger partial charge on any atom is -0.480 e. The van der Waals surface area contributed by atoms with E-state index in [0.717, 1.165) is 5.56 Å². The number of unbranched alkanes of at least 4 members (excludes halogenated alkanes) is 1. The highest BCUT2D eigenvalue weighted by Crippen LogP contribution is 2.39. The van der Waals surface area contributed by atoms with Crippen LogP contribution in [0.15, 0.2) is 81.6 Å². The number of nitrogens with one attached hydrogen (secondary N) is 4. The van der Waals surface area contributed by atoms with E-state index >= 15 is 0 Å². The summed E-state index contributed by atoms with van der Waals surface area (Å²) in [6.45, 7) is 5.76. The number of aliphatic hydroxyl groups is 2. The average Bonchev–Trinajstić information content (AvgIpc) is 2.93. The van der Waals surface area contributed by atoms with Gasteiger partial charge in [0.25, 0.3) is 5.91 Å². The van der Waals surface area contributed by atoms with Gasteiger partial charge in [0.1, 0.15) is 42.2 Å². The van der Waals surface area contributed by atoms with E-state index < -0.39 is 60.1 Å². The van der Waals surface area contributed by atoms with Crippen LogP contribution in [0.4, 0.5) is 17.2 Å². The van der Waals surface area contributed by atoms with Crippen LogP contribution in [-0.4, -0.2) is 184 Å². The molecule has 4 heterocycles. The van der Waals surface area contributed by atoms with Gasteiger partial charge in [-0.05, 0) is 87.6 Å². The van der Waals surface area contributed by atoms with Gasteiger partial charge in [-0.15, -0.1) is 12.3 Å². The van der Waals surface area contributed by atoms with E-state index in [9.17, 15) is 39.0 Å². The number of carbonyl (C=O) groups excluding carboxylic acids is 5. The molecule has 0 radical (unpaired) electrons. The molecule has 2 aliphatic rings. The Labute approximate surface area is 503 Å². The lowest BCUT2D eigenvalue weighted by Gasteiger charge is -2.18. The van der Waals surface area contributed by atoms with Crippen molar-refractivity contribution in [3.63, 3.8) is 0 Å². The first-order chi connectivity index (χ1) is 41.6. The molecule has 2 aromatic heterocycles. The maximum absolute atomic E-state index is 13.6. The molecule has 3 amide bonds. The number of rotatable bonds is 44. The number of fused-ring (bicyclic) bond motifs is 1. The minimum absolute atomic E-state index is 0.0127. The van der Waals surface area contributed by atoms with Gasteiger partial charge in [-0.25, -0.2) is 15.0 Å². The lowest BCUT2D eigenvalue weighted by atomic mass is 10.1. The van der Waals surface area contributed by atoms with Gasteiger partial charge in [-0.2, -0.15) is 32.2 Å². The second kappa shape index (κ2) is 36.7. The lowest BCUT2D eigenvalue weighted by molar-refractivity contribution is -0.138. The van der Waals surface area contributed by atoms with Gasteiger partial charge < -0.3 is 66.0 Å². The molecule has 1 fully saturated rings. The van der Waals surface area contributed by atoms with Gasteiger partial charge in [-0.3, -0.25) is 33.3 Å². The fourth-order valence-electron chi connectivity index (χ4n) is 8.59. The molecule has 1 saturated heterocycles. The van der Waals surface area contributed by atoms with E-state index in [2.05, 4.69) is 62.6 Å².